The summed E-state index contributed by atoms with van der Waals surface area (Å²) in [6.07, 6.45) is 1.27. The molecule has 1 N–H and O–H groups in total. The third-order valence-electron chi connectivity index (χ3n) is 4.51. The second-order valence-electron chi connectivity index (χ2n) is 6.16. The Bertz CT molecular complexity index is 418. The molecule has 112 valence electrons. The molecule has 1 saturated heterocycles. The fourth-order valence-corrected chi connectivity index (χ4v) is 3.25. The zero-order valence-corrected chi connectivity index (χ0v) is 13.4. The van der Waals surface area contributed by atoms with E-state index in [1.54, 1.807) is 0 Å². The first-order valence-corrected chi connectivity index (χ1v) is 7.77. The van der Waals surface area contributed by atoms with Crippen molar-refractivity contribution >= 4 is 0 Å². The van der Waals surface area contributed by atoms with Crippen molar-refractivity contribution in [1.82, 2.24) is 15.1 Å². The Balaban J connectivity index is 2.08. The van der Waals surface area contributed by atoms with Crippen LogP contribution in [-0.4, -0.2) is 56.1 Å². The molecule has 1 aromatic rings. The molecule has 0 aliphatic carbocycles. The molecule has 1 fully saturated rings. The fraction of sp³-hybridized carbons (Fsp3) is 0.647. The van der Waals surface area contributed by atoms with E-state index < -0.39 is 0 Å². The van der Waals surface area contributed by atoms with Crippen LogP contribution in [0.2, 0.25) is 0 Å². The molecule has 2 atom stereocenters. The highest BCUT2D eigenvalue weighted by Gasteiger charge is 2.23. The van der Waals surface area contributed by atoms with E-state index in [1.165, 1.54) is 37.2 Å². The smallest absolute Gasteiger partial charge is 0.0449 e. The summed E-state index contributed by atoms with van der Waals surface area (Å²) in [6, 6.07) is 9.77. The summed E-state index contributed by atoms with van der Waals surface area (Å²) in [5, 5.41) is 3.50. The third kappa shape index (κ3) is 3.81. The molecule has 2 rings (SSSR count). The van der Waals surface area contributed by atoms with Crippen molar-refractivity contribution in [2.45, 2.75) is 32.4 Å². The highest BCUT2D eigenvalue weighted by atomic mass is 15.2. The van der Waals surface area contributed by atoms with Crippen LogP contribution in [0.25, 0.3) is 0 Å². The van der Waals surface area contributed by atoms with Crippen LogP contribution in [0.4, 0.5) is 0 Å². The van der Waals surface area contributed by atoms with Crippen molar-refractivity contribution in [2.75, 3.05) is 40.3 Å². The van der Waals surface area contributed by atoms with Crippen LogP contribution in [0.5, 0.6) is 0 Å². The van der Waals surface area contributed by atoms with Crippen LogP contribution < -0.4 is 5.32 Å². The molecule has 0 amide bonds. The fourth-order valence-electron chi connectivity index (χ4n) is 3.25. The van der Waals surface area contributed by atoms with Crippen LogP contribution in [0, 0.1) is 6.92 Å². The first kappa shape index (κ1) is 15.5. The molecule has 0 spiro atoms. The summed E-state index contributed by atoms with van der Waals surface area (Å²) in [4.78, 5) is 5.09. The van der Waals surface area contributed by atoms with Crippen LogP contribution in [0.3, 0.4) is 0 Å². The van der Waals surface area contributed by atoms with Gasteiger partial charge in [0.05, 0.1) is 0 Å². The topological polar surface area (TPSA) is 18.5 Å². The number of hydrogen-bond acceptors (Lipinski definition) is 3. The van der Waals surface area contributed by atoms with Gasteiger partial charge >= 0.3 is 0 Å². The maximum absolute atomic E-state index is 3.50. The predicted molar refractivity (Wildman–Crippen MR) is 86.1 cm³/mol. The van der Waals surface area contributed by atoms with Gasteiger partial charge in [0.1, 0.15) is 0 Å². The minimum atomic E-state index is 0.419. The van der Waals surface area contributed by atoms with Gasteiger partial charge in [-0.2, -0.15) is 0 Å². The first-order valence-electron chi connectivity index (χ1n) is 7.77. The van der Waals surface area contributed by atoms with E-state index in [0.717, 1.165) is 6.54 Å². The zero-order chi connectivity index (χ0) is 14.5. The molecule has 1 aliphatic rings. The average Bonchev–Trinajstić information content (AvgIpc) is 2.58. The summed E-state index contributed by atoms with van der Waals surface area (Å²) in [6.45, 7) is 9.25. The SMILES string of the molecule is CNC(CN1CCCN(C)CC1C)c1ccccc1C. The quantitative estimate of drug-likeness (QED) is 0.909. The summed E-state index contributed by atoms with van der Waals surface area (Å²) in [7, 11) is 4.31. The monoisotopic (exact) mass is 275 g/mol. The molecular formula is C17H29N3. The number of aryl methyl sites for hydroxylation is 1. The molecule has 0 aromatic heterocycles. The molecule has 3 heteroatoms. The van der Waals surface area contributed by atoms with Crippen molar-refractivity contribution in [3.8, 4) is 0 Å². The Kier molecular flexibility index (Phi) is 5.58. The van der Waals surface area contributed by atoms with E-state index in [2.05, 4.69) is 67.3 Å². The predicted octanol–water partition coefficient (Wildman–Crippen LogP) is 2.28. The average molecular weight is 275 g/mol. The number of benzene rings is 1. The third-order valence-corrected chi connectivity index (χ3v) is 4.51. The second-order valence-corrected chi connectivity index (χ2v) is 6.16. The lowest BCUT2D eigenvalue weighted by Crippen LogP contribution is -2.42. The lowest BCUT2D eigenvalue weighted by atomic mass is 10.0. The Morgan fingerprint density at radius 3 is 2.75 bits per heavy atom. The Labute approximate surface area is 124 Å². The normalized spacial score (nSPS) is 23.5. The molecule has 1 heterocycles. The lowest BCUT2D eigenvalue weighted by molar-refractivity contribution is 0.185. The number of nitrogens with one attached hydrogen (secondary N) is 1. The highest BCUT2D eigenvalue weighted by Crippen LogP contribution is 2.20. The maximum atomic E-state index is 3.50. The van der Waals surface area contributed by atoms with Crippen molar-refractivity contribution in [3.05, 3.63) is 35.4 Å². The Morgan fingerprint density at radius 1 is 1.30 bits per heavy atom. The van der Waals surface area contributed by atoms with E-state index in [-0.39, 0.29) is 0 Å². The van der Waals surface area contributed by atoms with Crippen LogP contribution in [-0.2, 0) is 0 Å². The Hall–Kier alpha value is -0.900. The molecule has 0 bridgehead atoms. The first-order chi connectivity index (χ1) is 9.61. The molecule has 1 aliphatic heterocycles. The maximum Gasteiger partial charge on any atom is 0.0449 e. The molecule has 0 radical (unpaired) electrons. The van der Waals surface area contributed by atoms with Crippen molar-refractivity contribution < 1.29 is 0 Å². The summed E-state index contributed by atoms with van der Waals surface area (Å²) in [5.74, 6) is 0. The van der Waals surface area contributed by atoms with E-state index in [4.69, 9.17) is 0 Å². The van der Waals surface area contributed by atoms with Gasteiger partial charge in [-0.15, -0.1) is 0 Å². The molecule has 20 heavy (non-hydrogen) atoms. The second kappa shape index (κ2) is 7.21. The number of likely N-dealkylation sites (N-methyl/N-ethyl adjacent to an activating group) is 2. The molecule has 1 aromatic carbocycles. The van der Waals surface area contributed by atoms with E-state index in [1.807, 2.05) is 0 Å². The largest absolute Gasteiger partial charge is 0.312 e. The number of nitrogens with zero attached hydrogens (tertiary/aromatic N) is 2. The lowest BCUT2D eigenvalue weighted by Gasteiger charge is -2.32. The van der Waals surface area contributed by atoms with Crippen LogP contribution in [0.1, 0.15) is 30.5 Å². The van der Waals surface area contributed by atoms with Gasteiger partial charge in [0.25, 0.3) is 0 Å². The van der Waals surface area contributed by atoms with Crippen molar-refractivity contribution in [2.24, 2.45) is 0 Å². The molecule has 0 saturated carbocycles. The Morgan fingerprint density at radius 2 is 2.05 bits per heavy atom. The van der Waals surface area contributed by atoms with Gasteiger partial charge in [0.15, 0.2) is 0 Å². The van der Waals surface area contributed by atoms with E-state index in [9.17, 15) is 0 Å². The van der Waals surface area contributed by atoms with Gasteiger partial charge < -0.3 is 10.2 Å². The van der Waals surface area contributed by atoms with Gasteiger partial charge in [-0.3, -0.25) is 4.90 Å². The highest BCUT2D eigenvalue weighted by molar-refractivity contribution is 5.29. The van der Waals surface area contributed by atoms with Gasteiger partial charge in [0.2, 0.25) is 0 Å². The minimum absolute atomic E-state index is 0.419. The van der Waals surface area contributed by atoms with E-state index >= 15 is 0 Å². The van der Waals surface area contributed by atoms with Gasteiger partial charge in [-0.25, -0.2) is 0 Å². The van der Waals surface area contributed by atoms with E-state index in [0.29, 0.717) is 12.1 Å². The van der Waals surface area contributed by atoms with Gasteiger partial charge in [0, 0.05) is 25.2 Å². The zero-order valence-electron chi connectivity index (χ0n) is 13.4. The summed E-state index contributed by atoms with van der Waals surface area (Å²) < 4.78 is 0. The molecule has 3 nitrogen and oxygen atoms in total. The molecule has 2 unspecified atom stereocenters. The van der Waals surface area contributed by atoms with Gasteiger partial charge in [-0.1, -0.05) is 24.3 Å². The summed E-state index contributed by atoms with van der Waals surface area (Å²) in [5.41, 5.74) is 2.81. The van der Waals surface area contributed by atoms with Crippen LogP contribution >= 0.6 is 0 Å². The standard InChI is InChI=1S/C17H29N3/c1-14-8-5-6-9-16(14)17(18-3)13-20-11-7-10-19(4)12-15(20)2/h5-6,8-9,15,17-18H,7,10-13H2,1-4H3. The van der Waals surface area contributed by atoms with Crippen LogP contribution in [0.15, 0.2) is 24.3 Å². The van der Waals surface area contributed by atoms with Crippen molar-refractivity contribution in [3.63, 3.8) is 0 Å². The summed E-state index contributed by atoms with van der Waals surface area (Å²) >= 11 is 0. The van der Waals surface area contributed by atoms with Crippen molar-refractivity contribution in [1.29, 1.82) is 0 Å². The molecular weight excluding hydrogens is 246 g/mol. The number of rotatable bonds is 4. The number of hydrogen-bond donors (Lipinski definition) is 1. The minimum Gasteiger partial charge on any atom is -0.312 e. The van der Waals surface area contributed by atoms with Gasteiger partial charge in [-0.05, 0) is 58.6 Å².